The normalized spacial score (nSPS) is 12.3. The Bertz CT molecular complexity index is 396. The summed E-state index contributed by atoms with van der Waals surface area (Å²) in [6.07, 6.45) is 0. The molecule has 0 radical (unpaired) electrons. The maximum absolute atomic E-state index is 11.5. The van der Waals surface area contributed by atoms with Crippen LogP contribution in [0.1, 0.15) is 13.8 Å². The number of hydrogen-bond acceptors (Lipinski definition) is 3. The van der Waals surface area contributed by atoms with E-state index in [1.54, 1.807) is 24.3 Å². The van der Waals surface area contributed by atoms with E-state index in [0.717, 1.165) is 0 Å². The van der Waals surface area contributed by atoms with Crippen LogP contribution in [0.4, 0.5) is 0 Å². The molecule has 18 heavy (non-hydrogen) atoms. The highest BCUT2D eigenvalue weighted by Crippen LogP contribution is 2.16. The average Bonchev–Trinajstić information content (AvgIpc) is 2.33. The van der Waals surface area contributed by atoms with E-state index in [4.69, 9.17) is 22.1 Å². The summed E-state index contributed by atoms with van der Waals surface area (Å²) < 4.78 is 5.30. The third kappa shape index (κ3) is 5.38. The number of carbonyl (C=O) groups excluding carboxylic acids is 1. The zero-order valence-electron chi connectivity index (χ0n) is 10.7. The molecule has 5 heteroatoms. The van der Waals surface area contributed by atoms with Gasteiger partial charge in [-0.25, -0.2) is 0 Å². The Kier molecular flexibility index (Phi) is 5.95. The zero-order chi connectivity index (χ0) is 13.5. The second-order valence-corrected chi connectivity index (χ2v) is 4.89. The number of rotatable bonds is 6. The monoisotopic (exact) mass is 270 g/mol. The van der Waals surface area contributed by atoms with E-state index in [2.05, 4.69) is 5.32 Å². The van der Waals surface area contributed by atoms with Crippen LogP contribution < -0.4 is 15.8 Å². The van der Waals surface area contributed by atoms with Crippen molar-refractivity contribution in [3.8, 4) is 5.75 Å². The number of amides is 1. The van der Waals surface area contributed by atoms with Crippen molar-refractivity contribution in [1.29, 1.82) is 0 Å². The lowest BCUT2D eigenvalue weighted by molar-refractivity contribution is -0.123. The summed E-state index contributed by atoms with van der Waals surface area (Å²) in [6, 6.07) is 6.88. The summed E-state index contributed by atoms with van der Waals surface area (Å²) in [5, 5.41) is 3.31. The lowest BCUT2D eigenvalue weighted by Crippen LogP contribution is -2.41. The van der Waals surface area contributed by atoms with Crippen LogP contribution in [0, 0.1) is 5.92 Å². The molecule has 0 aliphatic rings. The highest BCUT2D eigenvalue weighted by Gasteiger charge is 2.09. The lowest BCUT2D eigenvalue weighted by atomic mass is 10.1. The second-order valence-electron chi connectivity index (χ2n) is 4.46. The number of halogens is 1. The molecule has 0 bridgehead atoms. The van der Waals surface area contributed by atoms with Gasteiger partial charge in [-0.05, 0) is 24.1 Å². The Labute approximate surface area is 112 Å². The largest absolute Gasteiger partial charge is 0.484 e. The van der Waals surface area contributed by atoms with Gasteiger partial charge in [0.05, 0.1) is 0 Å². The highest BCUT2D eigenvalue weighted by atomic mass is 35.5. The molecule has 0 heterocycles. The van der Waals surface area contributed by atoms with Crippen LogP contribution in [0.2, 0.25) is 5.02 Å². The van der Waals surface area contributed by atoms with E-state index in [9.17, 15) is 4.79 Å². The molecule has 1 unspecified atom stereocenters. The van der Waals surface area contributed by atoms with Crippen molar-refractivity contribution in [1.82, 2.24) is 5.32 Å². The van der Waals surface area contributed by atoms with Gasteiger partial charge in [-0.2, -0.15) is 0 Å². The first-order chi connectivity index (χ1) is 8.49. The van der Waals surface area contributed by atoms with Gasteiger partial charge in [0.2, 0.25) is 0 Å². The number of nitrogens with two attached hydrogens (primary N) is 1. The first-order valence-corrected chi connectivity index (χ1v) is 6.27. The fourth-order valence-electron chi connectivity index (χ4n) is 1.22. The number of ether oxygens (including phenoxy) is 1. The van der Waals surface area contributed by atoms with Gasteiger partial charge in [-0.3, -0.25) is 4.79 Å². The van der Waals surface area contributed by atoms with Crippen LogP contribution in [0.25, 0.3) is 0 Å². The van der Waals surface area contributed by atoms with Crippen LogP contribution in [-0.2, 0) is 4.79 Å². The molecule has 100 valence electrons. The molecule has 1 rings (SSSR count). The van der Waals surface area contributed by atoms with Crippen LogP contribution in [-0.4, -0.2) is 25.1 Å². The Hall–Kier alpha value is -1.26. The van der Waals surface area contributed by atoms with Crippen molar-refractivity contribution in [3.05, 3.63) is 29.3 Å². The molecule has 1 atom stereocenters. The van der Waals surface area contributed by atoms with E-state index in [0.29, 0.717) is 23.2 Å². The molecule has 3 N–H and O–H groups in total. The molecule has 0 fully saturated rings. The minimum atomic E-state index is -0.189. The summed E-state index contributed by atoms with van der Waals surface area (Å²) in [5.74, 6) is 0.719. The number of benzene rings is 1. The molecule has 1 amide bonds. The van der Waals surface area contributed by atoms with E-state index in [1.807, 2.05) is 13.8 Å². The van der Waals surface area contributed by atoms with Crippen molar-refractivity contribution >= 4 is 17.5 Å². The van der Waals surface area contributed by atoms with Crippen LogP contribution >= 0.6 is 11.6 Å². The van der Waals surface area contributed by atoms with Gasteiger partial charge in [0.1, 0.15) is 5.75 Å². The minimum absolute atomic E-state index is 0.0366. The Morgan fingerprint density at radius 3 is 2.83 bits per heavy atom. The smallest absolute Gasteiger partial charge is 0.257 e. The minimum Gasteiger partial charge on any atom is -0.484 e. The molecule has 0 spiro atoms. The van der Waals surface area contributed by atoms with Gasteiger partial charge in [0.15, 0.2) is 6.61 Å². The molecule has 0 aliphatic carbocycles. The van der Waals surface area contributed by atoms with Gasteiger partial charge < -0.3 is 15.8 Å². The Balaban J connectivity index is 2.29. The molecule has 0 saturated carbocycles. The number of hydrogen-bond donors (Lipinski definition) is 2. The van der Waals surface area contributed by atoms with Gasteiger partial charge in [0, 0.05) is 17.6 Å². The standard InChI is InChI=1S/C13H19ClN2O2/c1-9(2)12(15)7-16-13(17)8-18-11-5-3-4-10(14)6-11/h3-6,9,12H,7-8,15H2,1-2H3,(H,16,17). The Morgan fingerprint density at radius 1 is 1.50 bits per heavy atom. The van der Waals surface area contributed by atoms with Gasteiger partial charge >= 0.3 is 0 Å². The number of nitrogens with one attached hydrogen (secondary N) is 1. The second kappa shape index (κ2) is 7.24. The van der Waals surface area contributed by atoms with E-state index < -0.39 is 0 Å². The third-order valence-corrected chi connectivity index (χ3v) is 2.79. The average molecular weight is 271 g/mol. The summed E-state index contributed by atoms with van der Waals surface area (Å²) >= 11 is 5.80. The molecule has 1 aromatic carbocycles. The maximum Gasteiger partial charge on any atom is 0.257 e. The van der Waals surface area contributed by atoms with Crippen LogP contribution in [0.5, 0.6) is 5.75 Å². The van der Waals surface area contributed by atoms with Crippen molar-refractivity contribution in [2.24, 2.45) is 11.7 Å². The first-order valence-electron chi connectivity index (χ1n) is 5.89. The van der Waals surface area contributed by atoms with E-state index in [-0.39, 0.29) is 18.6 Å². The third-order valence-electron chi connectivity index (χ3n) is 2.56. The fourth-order valence-corrected chi connectivity index (χ4v) is 1.40. The first kappa shape index (κ1) is 14.8. The van der Waals surface area contributed by atoms with Crippen LogP contribution in [0.15, 0.2) is 24.3 Å². The van der Waals surface area contributed by atoms with Crippen LogP contribution in [0.3, 0.4) is 0 Å². The summed E-state index contributed by atoms with van der Waals surface area (Å²) in [5.41, 5.74) is 5.82. The van der Waals surface area contributed by atoms with Crippen molar-refractivity contribution < 1.29 is 9.53 Å². The molecule has 4 nitrogen and oxygen atoms in total. The quantitative estimate of drug-likeness (QED) is 0.829. The van der Waals surface area contributed by atoms with Crippen molar-refractivity contribution in [2.75, 3.05) is 13.2 Å². The molecular weight excluding hydrogens is 252 g/mol. The van der Waals surface area contributed by atoms with Gasteiger partial charge in [-0.1, -0.05) is 31.5 Å². The molecule has 0 aliphatic heterocycles. The molecular formula is C13H19ClN2O2. The SMILES string of the molecule is CC(C)C(N)CNC(=O)COc1cccc(Cl)c1. The molecule has 0 aromatic heterocycles. The Morgan fingerprint density at radius 2 is 2.22 bits per heavy atom. The molecule has 0 saturated heterocycles. The topological polar surface area (TPSA) is 64.3 Å². The van der Waals surface area contributed by atoms with Gasteiger partial charge in [-0.15, -0.1) is 0 Å². The fraction of sp³-hybridized carbons (Fsp3) is 0.462. The summed E-state index contributed by atoms with van der Waals surface area (Å²) in [6.45, 7) is 4.44. The maximum atomic E-state index is 11.5. The van der Waals surface area contributed by atoms with E-state index >= 15 is 0 Å². The van der Waals surface area contributed by atoms with Crippen molar-refractivity contribution in [3.63, 3.8) is 0 Å². The van der Waals surface area contributed by atoms with Gasteiger partial charge in [0.25, 0.3) is 5.91 Å². The zero-order valence-corrected chi connectivity index (χ0v) is 11.4. The summed E-state index contributed by atoms with van der Waals surface area (Å²) in [7, 11) is 0. The molecule has 1 aromatic rings. The predicted molar refractivity (Wildman–Crippen MR) is 72.8 cm³/mol. The summed E-state index contributed by atoms with van der Waals surface area (Å²) in [4.78, 5) is 11.5. The highest BCUT2D eigenvalue weighted by molar-refractivity contribution is 6.30. The predicted octanol–water partition coefficient (Wildman–Crippen LogP) is 1.82. The lowest BCUT2D eigenvalue weighted by Gasteiger charge is -2.16. The van der Waals surface area contributed by atoms with Crippen molar-refractivity contribution in [2.45, 2.75) is 19.9 Å². The van der Waals surface area contributed by atoms with E-state index in [1.165, 1.54) is 0 Å². The number of carbonyl (C=O) groups is 1.